The molecule has 0 heterocycles. The summed E-state index contributed by atoms with van der Waals surface area (Å²) in [5.41, 5.74) is 30.0. The van der Waals surface area contributed by atoms with Gasteiger partial charge in [0.25, 0.3) is 0 Å². The van der Waals surface area contributed by atoms with Crippen LogP contribution in [0.2, 0.25) is 0 Å². The van der Waals surface area contributed by atoms with Crippen molar-refractivity contribution in [2.45, 2.75) is 0 Å². The first-order valence-electron chi connectivity index (χ1n) is 41.1. The lowest BCUT2D eigenvalue weighted by molar-refractivity contribution is 1.50. The highest BCUT2D eigenvalue weighted by atomic mass is 14.3. The lowest BCUT2D eigenvalue weighted by Crippen LogP contribution is -1.98. The molecule has 0 N–H and O–H groups in total. The Morgan fingerprint density at radius 2 is 0.285 bits per heavy atom. The van der Waals surface area contributed by atoms with Gasteiger partial charge in [-0.3, -0.25) is 0 Å². The van der Waals surface area contributed by atoms with E-state index in [1.807, 2.05) is 170 Å². The van der Waals surface area contributed by atoms with Crippen molar-refractivity contribution in [2.75, 3.05) is 0 Å². The summed E-state index contributed by atoms with van der Waals surface area (Å²) >= 11 is 0. The lowest BCUT2D eigenvalue weighted by atomic mass is 9.80. The SMILES string of the molecule is C#Cc1cccc(-c2ccc(-c3cccc(C#C)c3C#C)c(-c3cc(-c4cc(-c5cccc(C#C)c5C#C)ccc4-c4cccc(C#C)c4C#C)cc(-c4c5ccccc5c(-c5cc(-c6cc(-c7cccc(C#C)c7C#C)ccc6-c6cccc(C#C)c6C#C)cc(-c6cc(-c7cccc(C#C)c7C#C)ccc6-c6cccc(C#C)c6C#C)c5)c5ccccc45)c3)c2)c1C#C. The lowest BCUT2D eigenvalue weighted by Gasteiger charge is -2.23. The smallest absolute Gasteiger partial charge is 0.0477 e. The maximum Gasteiger partial charge on any atom is 0.0477 e. The molecule has 0 aliphatic carbocycles. The van der Waals surface area contributed by atoms with Crippen LogP contribution in [0.5, 0.6) is 0 Å². The first-order valence-corrected chi connectivity index (χ1v) is 41.1. The van der Waals surface area contributed by atoms with E-state index in [1.165, 1.54) is 0 Å². The molecule has 0 aliphatic rings. The second kappa shape index (κ2) is 35.4. The van der Waals surface area contributed by atoms with Gasteiger partial charge < -0.3 is 0 Å². The van der Waals surface area contributed by atoms with E-state index in [0.717, 1.165) is 155 Å². The van der Waals surface area contributed by atoms with Crippen LogP contribution in [-0.2, 0) is 0 Å². The summed E-state index contributed by atoms with van der Waals surface area (Å²) in [5.74, 6) is 46.5. The summed E-state index contributed by atoms with van der Waals surface area (Å²) in [4.78, 5) is 0. The number of hydrogen-bond donors (Lipinski definition) is 0. The second-order valence-corrected chi connectivity index (χ2v) is 30.6. The molecule has 0 heteroatoms. The van der Waals surface area contributed by atoms with E-state index >= 15 is 0 Å². The van der Waals surface area contributed by atoms with Crippen LogP contribution in [0, 0.1) is 198 Å². The molecule has 0 aliphatic heterocycles. The number of hydrogen-bond acceptors (Lipinski definition) is 0. The van der Waals surface area contributed by atoms with Gasteiger partial charge in [0, 0.05) is 89.0 Å². The predicted molar refractivity (Wildman–Crippen MR) is 545 cm³/mol. The molecular weight excluding hydrogens is 1560 g/mol. The molecule has 0 unspecified atom stereocenters. The molecule has 0 radical (unpaired) electrons. The Balaban J connectivity index is 1.04. The van der Waals surface area contributed by atoms with E-state index in [4.69, 9.17) is 103 Å². The minimum absolute atomic E-state index is 0.525. The molecule has 0 saturated carbocycles. The van der Waals surface area contributed by atoms with Crippen molar-refractivity contribution in [1.29, 1.82) is 0 Å². The van der Waals surface area contributed by atoms with Crippen LogP contribution < -0.4 is 0 Å². The molecule has 17 aromatic carbocycles. The van der Waals surface area contributed by atoms with Crippen LogP contribution in [0.25, 0.3) is 177 Å². The zero-order valence-electron chi connectivity index (χ0n) is 70.1. The van der Waals surface area contributed by atoms with Gasteiger partial charge >= 0.3 is 0 Å². The molecule has 0 bridgehead atoms. The Bertz CT molecular complexity index is 7600. The van der Waals surface area contributed by atoms with Crippen LogP contribution >= 0.6 is 0 Å². The summed E-state index contributed by atoms with van der Waals surface area (Å²) in [5, 5.41) is 3.51. The highest BCUT2D eigenvalue weighted by Gasteiger charge is 2.28. The normalized spacial score (nSPS) is 10.3. The summed E-state index contributed by atoms with van der Waals surface area (Å²) in [6.45, 7) is 0. The highest BCUT2D eigenvalue weighted by Crippen LogP contribution is 2.52. The van der Waals surface area contributed by atoms with Crippen molar-refractivity contribution >= 4 is 21.5 Å². The summed E-state index contributed by atoms with van der Waals surface area (Å²) in [6, 6.07) is 101. The summed E-state index contributed by atoms with van der Waals surface area (Å²) < 4.78 is 0. The average molecular weight is 1630 g/mol. The van der Waals surface area contributed by atoms with E-state index in [0.29, 0.717) is 111 Å². The Morgan fingerprint density at radius 3 is 0.462 bits per heavy atom. The van der Waals surface area contributed by atoms with Crippen LogP contribution in [0.1, 0.15) is 89.0 Å². The Hall–Kier alpha value is -19.8. The highest BCUT2D eigenvalue weighted by molar-refractivity contribution is 6.22. The third-order valence-corrected chi connectivity index (χ3v) is 24.0. The molecule has 0 saturated heterocycles. The van der Waals surface area contributed by atoms with Crippen molar-refractivity contribution < 1.29 is 0 Å². The van der Waals surface area contributed by atoms with E-state index < -0.39 is 0 Å². The molecular formula is C130H66. The minimum Gasteiger partial charge on any atom is -0.115 e. The minimum atomic E-state index is 0.525. The molecule has 17 rings (SSSR count). The molecule has 0 atom stereocenters. The van der Waals surface area contributed by atoms with Crippen molar-refractivity contribution in [3.05, 3.63) is 392 Å². The van der Waals surface area contributed by atoms with Crippen LogP contribution in [0.4, 0.5) is 0 Å². The van der Waals surface area contributed by atoms with Gasteiger partial charge in [-0.1, -0.05) is 289 Å². The molecule has 586 valence electrons. The topological polar surface area (TPSA) is 0 Å². The first kappa shape index (κ1) is 82.5. The van der Waals surface area contributed by atoms with Gasteiger partial charge in [-0.2, -0.15) is 0 Å². The molecule has 130 heavy (non-hydrogen) atoms. The molecule has 0 fully saturated rings. The Labute approximate surface area is 761 Å². The predicted octanol–water partition coefficient (Wildman–Crippen LogP) is 27.0. The quantitative estimate of drug-likeness (QED) is 0.0752. The zero-order valence-corrected chi connectivity index (χ0v) is 70.1. The maximum atomic E-state index is 6.61. The van der Waals surface area contributed by atoms with Gasteiger partial charge in [0.05, 0.1) is 0 Å². The van der Waals surface area contributed by atoms with Gasteiger partial charge in [-0.25, -0.2) is 0 Å². The average Bonchev–Trinajstić information content (AvgIpc) is 0.722. The molecule has 0 amide bonds. The summed E-state index contributed by atoms with van der Waals surface area (Å²) in [7, 11) is 0. The number of benzene rings is 17. The number of terminal acetylenes is 16. The molecule has 0 aromatic heterocycles. The van der Waals surface area contributed by atoms with Crippen LogP contribution in [0.15, 0.2) is 303 Å². The van der Waals surface area contributed by atoms with Crippen molar-refractivity contribution in [2.24, 2.45) is 0 Å². The van der Waals surface area contributed by atoms with Gasteiger partial charge in [0.2, 0.25) is 0 Å². The fourth-order valence-electron chi connectivity index (χ4n) is 18.1. The Morgan fingerprint density at radius 1 is 0.115 bits per heavy atom. The third kappa shape index (κ3) is 14.4. The third-order valence-electron chi connectivity index (χ3n) is 24.0. The molecule has 17 aromatic rings. The fourth-order valence-corrected chi connectivity index (χ4v) is 18.1. The standard InChI is InChI=1S/C130H66/c1-17-83-45-37-57-109(101(83)25-9)91-65-69-117(113-61-41-49-87(21-5)105(113)29-13)125(79-91)95-73-96(126-80-92(110-58-38-46-84(18-2)102(110)26-10)66-70-118(126)114-62-42-50-88(22-6)106(114)30-14)76-99(75-95)129-121-53-33-35-55-123(121)130(124-56-36-34-54-122(124)129)100-77-97(127-81-93(111-59-39-47-85(19-3)103(111)27-11)67-71-119(127)115-63-43-51-89(23-7)107(115)31-15)74-98(78-100)128-82-94(112-60-40-48-86(20-4)104(112)28-12)68-72-120(128)116-64-44-52-90(24-8)108(116)32-16/h1-16,33-82H. The largest absolute Gasteiger partial charge is 0.115 e. The van der Waals surface area contributed by atoms with Crippen molar-refractivity contribution in [3.8, 4) is 353 Å². The Kier molecular flexibility index (Phi) is 22.4. The molecule has 0 nitrogen and oxygen atoms in total. The van der Waals surface area contributed by atoms with E-state index in [-0.39, 0.29) is 0 Å². The zero-order chi connectivity index (χ0) is 90.4. The van der Waals surface area contributed by atoms with Gasteiger partial charge in [0.15, 0.2) is 0 Å². The fraction of sp³-hybridized carbons (Fsp3) is 0. The van der Waals surface area contributed by atoms with Gasteiger partial charge in [-0.05, 0) is 287 Å². The summed E-state index contributed by atoms with van der Waals surface area (Å²) in [6.07, 6.45) is 103. The second-order valence-electron chi connectivity index (χ2n) is 30.6. The number of rotatable bonds is 14. The van der Waals surface area contributed by atoms with Gasteiger partial charge in [0.1, 0.15) is 0 Å². The van der Waals surface area contributed by atoms with E-state index in [2.05, 4.69) is 228 Å². The van der Waals surface area contributed by atoms with E-state index in [9.17, 15) is 0 Å². The number of fused-ring (bicyclic) bond motifs is 2. The van der Waals surface area contributed by atoms with Crippen molar-refractivity contribution in [3.63, 3.8) is 0 Å². The molecule has 0 spiro atoms. The van der Waals surface area contributed by atoms with Gasteiger partial charge in [-0.15, -0.1) is 103 Å². The monoisotopic (exact) mass is 1630 g/mol. The van der Waals surface area contributed by atoms with Crippen molar-refractivity contribution in [1.82, 2.24) is 0 Å². The van der Waals surface area contributed by atoms with Crippen LogP contribution in [-0.4, -0.2) is 0 Å². The van der Waals surface area contributed by atoms with E-state index in [1.54, 1.807) is 0 Å². The van der Waals surface area contributed by atoms with Crippen LogP contribution in [0.3, 0.4) is 0 Å². The first-order chi connectivity index (χ1) is 63.8. The maximum absolute atomic E-state index is 6.61.